The van der Waals surface area contributed by atoms with Crippen molar-refractivity contribution in [3.63, 3.8) is 0 Å². The molecule has 2 aromatic rings. The molecule has 1 atom stereocenters. The molecule has 2 aliphatic rings. The van der Waals surface area contributed by atoms with Crippen LogP contribution in [0.4, 0.5) is 5.69 Å². The molecular weight excluding hydrogens is 336 g/mol. The zero-order valence-corrected chi connectivity index (χ0v) is 15.8. The Morgan fingerprint density at radius 1 is 0.963 bits per heavy atom. The van der Waals surface area contributed by atoms with E-state index in [1.54, 1.807) is 0 Å². The van der Waals surface area contributed by atoms with Crippen molar-refractivity contribution >= 4 is 11.6 Å². The average molecular weight is 364 g/mol. The third kappa shape index (κ3) is 4.73. The first-order valence-electron chi connectivity index (χ1n) is 9.97. The van der Waals surface area contributed by atoms with Gasteiger partial charge in [0.15, 0.2) is 0 Å². The van der Waals surface area contributed by atoms with Gasteiger partial charge in [-0.25, -0.2) is 0 Å². The fraction of sp³-hybridized carbons (Fsp3) is 0.455. The molecule has 142 valence electrons. The molecule has 0 unspecified atom stereocenters. The number of pyridine rings is 1. The molecule has 2 fully saturated rings. The minimum absolute atomic E-state index is 0.263. The van der Waals surface area contributed by atoms with Gasteiger partial charge >= 0.3 is 0 Å². The van der Waals surface area contributed by atoms with Crippen molar-refractivity contribution in [2.45, 2.75) is 19.4 Å². The van der Waals surface area contributed by atoms with Crippen molar-refractivity contribution in [3.05, 3.63) is 60.4 Å². The molecule has 0 N–H and O–H groups in total. The first-order chi connectivity index (χ1) is 13.3. The molecule has 0 saturated carbocycles. The molecule has 2 saturated heterocycles. The molecule has 1 amide bonds. The lowest BCUT2D eigenvalue weighted by Crippen LogP contribution is -2.34. The zero-order valence-electron chi connectivity index (χ0n) is 15.8. The first kappa shape index (κ1) is 18.1. The number of carbonyl (C=O) groups excluding carboxylic acids is 1. The first-order valence-corrected chi connectivity index (χ1v) is 9.97. The van der Waals surface area contributed by atoms with Gasteiger partial charge in [0.1, 0.15) is 0 Å². The van der Waals surface area contributed by atoms with E-state index in [-0.39, 0.29) is 5.91 Å². The second kappa shape index (κ2) is 8.63. The van der Waals surface area contributed by atoms with Gasteiger partial charge in [0.25, 0.3) is 0 Å². The molecule has 5 heteroatoms. The second-order valence-electron chi connectivity index (χ2n) is 7.70. The molecule has 0 bridgehead atoms. The Morgan fingerprint density at radius 3 is 2.59 bits per heavy atom. The summed E-state index contributed by atoms with van der Waals surface area (Å²) in [5.41, 5.74) is 2.31. The monoisotopic (exact) mass is 364 g/mol. The Morgan fingerprint density at radius 2 is 1.78 bits per heavy atom. The van der Waals surface area contributed by atoms with E-state index in [2.05, 4.69) is 20.9 Å². The maximum Gasteiger partial charge on any atom is 0.227 e. The predicted molar refractivity (Wildman–Crippen MR) is 107 cm³/mol. The normalized spacial score (nSPS) is 22.1. The Balaban J connectivity index is 1.28. The minimum atomic E-state index is 0.263. The molecule has 4 rings (SSSR count). The van der Waals surface area contributed by atoms with Gasteiger partial charge in [-0.3, -0.25) is 14.7 Å². The predicted octanol–water partition coefficient (Wildman–Crippen LogP) is 2.64. The number of benzene rings is 1. The zero-order chi connectivity index (χ0) is 18.5. The van der Waals surface area contributed by atoms with Crippen molar-refractivity contribution in [1.82, 2.24) is 14.8 Å². The number of hydrogen-bond donors (Lipinski definition) is 0. The largest absolute Gasteiger partial charge is 0.312 e. The van der Waals surface area contributed by atoms with E-state index in [0.29, 0.717) is 12.3 Å². The summed E-state index contributed by atoms with van der Waals surface area (Å²) in [5, 5.41) is 0. The summed E-state index contributed by atoms with van der Waals surface area (Å²) in [4.78, 5) is 23.7. The van der Waals surface area contributed by atoms with Crippen LogP contribution in [0.15, 0.2) is 54.9 Å². The highest BCUT2D eigenvalue weighted by Gasteiger charge is 2.31. The molecule has 0 spiro atoms. The van der Waals surface area contributed by atoms with Crippen molar-refractivity contribution in [1.29, 1.82) is 0 Å². The van der Waals surface area contributed by atoms with E-state index >= 15 is 0 Å². The van der Waals surface area contributed by atoms with E-state index in [0.717, 1.165) is 51.5 Å². The molecule has 3 heterocycles. The standard InChI is InChI=1S/C22H28N4O/c27-22-14-20(18-26(22)21-7-2-1-3-8-21)17-25-11-5-10-24(12-13-25)16-19-6-4-9-23-15-19/h1-4,6-9,15,20H,5,10-14,16-18H2/t20-/m1/s1. The fourth-order valence-corrected chi connectivity index (χ4v) is 4.24. The quantitative estimate of drug-likeness (QED) is 0.818. The number of anilines is 1. The summed E-state index contributed by atoms with van der Waals surface area (Å²) in [6, 6.07) is 14.2. The molecule has 5 nitrogen and oxygen atoms in total. The number of aromatic nitrogens is 1. The number of hydrogen-bond acceptors (Lipinski definition) is 4. The molecule has 0 aliphatic carbocycles. The van der Waals surface area contributed by atoms with Gasteiger partial charge in [-0.1, -0.05) is 24.3 Å². The number of para-hydroxylation sites is 1. The molecular formula is C22H28N4O. The van der Waals surface area contributed by atoms with Crippen molar-refractivity contribution in [2.24, 2.45) is 5.92 Å². The minimum Gasteiger partial charge on any atom is -0.312 e. The van der Waals surface area contributed by atoms with Gasteiger partial charge < -0.3 is 9.80 Å². The smallest absolute Gasteiger partial charge is 0.227 e. The maximum absolute atomic E-state index is 12.4. The number of rotatable bonds is 5. The Kier molecular flexibility index (Phi) is 5.80. The summed E-state index contributed by atoms with van der Waals surface area (Å²) in [5.74, 6) is 0.696. The van der Waals surface area contributed by atoms with Gasteiger partial charge in [0.2, 0.25) is 5.91 Å². The topological polar surface area (TPSA) is 39.7 Å². The van der Waals surface area contributed by atoms with E-state index in [4.69, 9.17) is 0 Å². The molecule has 27 heavy (non-hydrogen) atoms. The van der Waals surface area contributed by atoms with E-state index in [1.165, 1.54) is 12.0 Å². The molecule has 1 aromatic carbocycles. The van der Waals surface area contributed by atoms with Gasteiger partial charge in [-0.05, 0) is 49.2 Å². The van der Waals surface area contributed by atoms with Crippen LogP contribution in [-0.4, -0.2) is 60.0 Å². The van der Waals surface area contributed by atoms with Crippen molar-refractivity contribution in [2.75, 3.05) is 44.2 Å². The summed E-state index contributed by atoms with van der Waals surface area (Å²) in [6.07, 6.45) is 5.65. The summed E-state index contributed by atoms with van der Waals surface area (Å²) >= 11 is 0. The van der Waals surface area contributed by atoms with Crippen LogP contribution in [0.3, 0.4) is 0 Å². The summed E-state index contributed by atoms with van der Waals surface area (Å²) in [6.45, 7) is 7.26. The Bertz CT molecular complexity index is 736. The average Bonchev–Trinajstić information content (AvgIpc) is 2.92. The lowest BCUT2D eigenvalue weighted by Gasteiger charge is -2.24. The third-order valence-electron chi connectivity index (χ3n) is 5.60. The molecule has 0 radical (unpaired) electrons. The number of carbonyl (C=O) groups is 1. The van der Waals surface area contributed by atoms with Crippen LogP contribution in [0.2, 0.25) is 0 Å². The SMILES string of the molecule is O=C1C[C@H](CN2CCCN(Cc3cccnc3)CC2)CN1c1ccccc1. The number of amides is 1. The lowest BCUT2D eigenvalue weighted by atomic mass is 10.1. The molecule has 2 aliphatic heterocycles. The summed E-state index contributed by atoms with van der Waals surface area (Å²) in [7, 11) is 0. The van der Waals surface area contributed by atoms with Crippen LogP contribution in [0.25, 0.3) is 0 Å². The van der Waals surface area contributed by atoms with Gasteiger partial charge in [-0.15, -0.1) is 0 Å². The van der Waals surface area contributed by atoms with E-state index in [1.807, 2.05) is 53.7 Å². The van der Waals surface area contributed by atoms with Crippen LogP contribution >= 0.6 is 0 Å². The van der Waals surface area contributed by atoms with Crippen LogP contribution in [0.5, 0.6) is 0 Å². The van der Waals surface area contributed by atoms with Crippen LogP contribution in [-0.2, 0) is 11.3 Å². The molecule has 1 aromatic heterocycles. The van der Waals surface area contributed by atoms with Crippen LogP contribution < -0.4 is 4.90 Å². The van der Waals surface area contributed by atoms with Crippen LogP contribution in [0.1, 0.15) is 18.4 Å². The Hall–Kier alpha value is -2.24. The number of nitrogens with zero attached hydrogens (tertiary/aromatic N) is 4. The third-order valence-corrected chi connectivity index (χ3v) is 5.60. The van der Waals surface area contributed by atoms with E-state index < -0.39 is 0 Å². The van der Waals surface area contributed by atoms with Gasteiger partial charge in [0.05, 0.1) is 0 Å². The van der Waals surface area contributed by atoms with Crippen molar-refractivity contribution < 1.29 is 4.79 Å². The van der Waals surface area contributed by atoms with Crippen molar-refractivity contribution in [3.8, 4) is 0 Å². The maximum atomic E-state index is 12.4. The Labute approximate surface area is 161 Å². The van der Waals surface area contributed by atoms with E-state index in [9.17, 15) is 4.79 Å². The fourth-order valence-electron chi connectivity index (χ4n) is 4.24. The highest BCUT2D eigenvalue weighted by atomic mass is 16.2. The van der Waals surface area contributed by atoms with Gasteiger partial charge in [-0.2, -0.15) is 0 Å². The summed E-state index contributed by atoms with van der Waals surface area (Å²) < 4.78 is 0. The van der Waals surface area contributed by atoms with Gasteiger partial charge in [0, 0.05) is 57.2 Å². The highest BCUT2D eigenvalue weighted by Crippen LogP contribution is 2.25. The lowest BCUT2D eigenvalue weighted by molar-refractivity contribution is -0.117. The highest BCUT2D eigenvalue weighted by molar-refractivity contribution is 5.95. The van der Waals surface area contributed by atoms with Crippen LogP contribution in [0, 0.1) is 5.92 Å². The second-order valence-corrected chi connectivity index (χ2v) is 7.70.